The van der Waals surface area contributed by atoms with E-state index in [2.05, 4.69) is 318 Å². The van der Waals surface area contributed by atoms with Gasteiger partial charge in [0.05, 0.1) is 20.8 Å². The van der Waals surface area contributed by atoms with Crippen LogP contribution in [0.3, 0.4) is 0 Å². The minimum absolute atomic E-state index is 0.215. The third kappa shape index (κ3) is 7.75. The number of hydrogen-bond donors (Lipinski definition) is 0. The molecular weight excluding hydrogens is 1070 g/mol. The van der Waals surface area contributed by atoms with Crippen molar-refractivity contribution in [2.75, 3.05) is 9.80 Å². The zero-order valence-electron chi connectivity index (χ0n) is 48.6. The normalized spacial score (nSPS) is 13.2. The fourth-order valence-electron chi connectivity index (χ4n) is 15.4. The Labute approximate surface area is 505 Å². The van der Waals surface area contributed by atoms with E-state index in [9.17, 15) is 0 Å². The standard InChI is InChI=1S/C81H62N2S2/c1-79(2,3)81(80(4,5)6)69-50-67(52-41-46-57(47-42-52)83(55-25-11-8-12-26-55)71-36-22-34-66-61-30-18-20-38-73(61)85-78(66)71)58-27-13-15-31-62(58)74(69)75-63-32-16-14-28-59(63)68-49-53(43-48-64(68)76(75)81)51-39-44-56(45-40-51)82(54-23-9-7-10-24-54)70-35-21-33-65-60-29-17-19-37-72(60)84-77(65)70/h7-50H,1-6H3. The minimum atomic E-state index is -0.417. The monoisotopic (exact) mass is 1130 g/mol. The lowest BCUT2D eigenvalue weighted by Gasteiger charge is -2.53. The Morgan fingerprint density at radius 3 is 1.22 bits per heavy atom. The Morgan fingerprint density at radius 1 is 0.294 bits per heavy atom. The molecule has 2 aromatic heterocycles. The second-order valence-electron chi connectivity index (χ2n) is 25.1. The molecule has 0 bridgehead atoms. The number of benzene rings is 13. The van der Waals surface area contributed by atoms with E-state index >= 15 is 0 Å². The van der Waals surface area contributed by atoms with E-state index in [1.807, 2.05) is 22.7 Å². The molecule has 0 spiro atoms. The summed E-state index contributed by atoms with van der Waals surface area (Å²) in [5, 5.41) is 13.0. The smallest absolute Gasteiger partial charge is 0.0640 e. The van der Waals surface area contributed by atoms with Gasteiger partial charge in [0.25, 0.3) is 0 Å². The van der Waals surface area contributed by atoms with Crippen molar-refractivity contribution in [1.29, 1.82) is 0 Å². The Balaban J connectivity index is 0.854. The third-order valence-corrected chi connectivity index (χ3v) is 20.9. The molecule has 16 rings (SSSR count). The molecule has 0 saturated carbocycles. The maximum absolute atomic E-state index is 2.62. The summed E-state index contributed by atoms with van der Waals surface area (Å²) in [5.74, 6) is 0. The van der Waals surface area contributed by atoms with E-state index in [-0.39, 0.29) is 10.8 Å². The van der Waals surface area contributed by atoms with Gasteiger partial charge in [0.2, 0.25) is 0 Å². The Morgan fingerprint density at radius 2 is 0.706 bits per heavy atom. The van der Waals surface area contributed by atoms with Crippen molar-refractivity contribution in [2.24, 2.45) is 10.8 Å². The molecule has 13 aromatic carbocycles. The molecule has 1 aliphatic rings. The van der Waals surface area contributed by atoms with Crippen molar-refractivity contribution in [2.45, 2.75) is 47.0 Å². The van der Waals surface area contributed by atoms with E-state index in [0.717, 1.165) is 22.7 Å². The van der Waals surface area contributed by atoms with Crippen molar-refractivity contribution in [3.05, 3.63) is 278 Å². The molecule has 0 unspecified atom stereocenters. The zero-order valence-corrected chi connectivity index (χ0v) is 50.2. The number of thiophene rings is 2. The van der Waals surface area contributed by atoms with E-state index in [1.165, 1.54) is 129 Å². The average molecular weight is 1130 g/mol. The number of anilines is 6. The summed E-state index contributed by atoms with van der Waals surface area (Å²) in [7, 11) is 0. The van der Waals surface area contributed by atoms with Crippen molar-refractivity contribution in [3.63, 3.8) is 0 Å². The van der Waals surface area contributed by atoms with Gasteiger partial charge in [-0.1, -0.05) is 224 Å². The lowest BCUT2D eigenvalue weighted by molar-refractivity contribution is 0.0965. The summed E-state index contributed by atoms with van der Waals surface area (Å²) in [6, 6.07) is 99.9. The molecule has 2 nitrogen and oxygen atoms in total. The van der Waals surface area contributed by atoms with Gasteiger partial charge in [0.15, 0.2) is 0 Å². The van der Waals surface area contributed by atoms with E-state index in [4.69, 9.17) is 0 Å². The molecule has 0 amide bonds. The Bertz CT molecular complexity index is 5120. The molecule has 408 valence electrons. The molecule has 0 fully saturated rings. The summed E-state index contributed by atoms with van der Waals surface area (Å²) < 4.78 is 5.18. The number of nitrogens with zero attached hydrogens (tertiary/aromatic N) is 2. The van der Waals surface area contributed by atoms with Crippen LogP contribution in [0.2, 0.25) is 0 Å². The van der Waals surface area contributed by atoms with E-state index in [1.54, 1.807) is 0 Å². The molecule has 1 aliphatic carbocycles. The van der Waals surface area contributed by atoms with Crippen LogP contribution in [0.1, 0.15) is 52.7 Å². The van der Waals surface area contributed by atoms with Gasteiger partial charge in [-0.15, -0.1) is 22.7 Å². The minimum Gasteiger partial charge on any atom is -0.309 e. The Kier molecular flexibility index (Phi) is 11.7. The number of rotatable bonds is 8. The SMILES string of the molecule is CC(C)(C)C1(C(C)(C)C)c2cc(-c3ccc(N(c4ccccc4)c4cccc5c4sc4ccccc45)cc3)c3ccccc3c2-c2c1c1ccc(-c3ccc(N(c4ccccc4)c4cccc5c4sc4ccccc45)cc3)cc1c1ccccc21. The summed E-state index contributed by atoms with van der Waals surface area (Å²) in [4.78, 5) is 4.86. The first-order valence-electron chi connectivity index (χ1n) is 29.7. The largest absolute Gasteiger partial charge is 0.309 e. The lowest BCUT2D eigenvalue weighted by Crippen LogP contribution is -2.50. The fourth-order valence-corrected chi connectivity index (χ4v) is 17.8. The first kappa shape index (κ1) is 51.3. The second kappa shape index (κ2) is 19.4. The van der Waals surface area contributed by atoms with Crippen LogP contribution in [-0.2, 0) is 5.41 Å². The van der Waals surface area contributed by atoms with Crippen LogP contribution in [0, 0.1) is 10.8 Å². The summed E-state index contributed by atoms with van der Waals surface area (Å²) in [5.41, 5.74) is 16.5. The van der Waals surface area contributed by atoms with Crippen molar-refractivity contribution in [3.8, 4) is 33.4 Å². The highest BCUT2D eigenvalue weighted by atomic mass is 32.1. The molecule has 0 N–H and O–H groups in total. The fraction of sp³-hybridized carbons (Fsp3) is 0.111. The molecule has 15 aromatic rings. The number of hydrogen-bond acceptors (Lipinski definition) is 4. The highest BCUT2D eigenvalue weighted by molar-refractivity contribution is 7.26. The average Bonchev–Trinajstić information content (AvgIpc) is 1.56. The third-order valence-electron chi connectivity index (χ3n) is 18.5. The van der Waals surface area contributed by atoms with Crippen molar-refractivity contribution < 1.29 is 0 Å². The number of para-hydroxylation sites is 2. The summed E-state index contributed by atoms with van der Waals surface area (Å²) in [6.45, 7) is 15.0. The van der Waals surface area contributed by atoms with E-state index in [0.29, 0.717) is 0 Å². The molecule has 85 heavy (non-hydrogen) atoms. The predicted octanol–water partition coefficient (Wildman–Crippen LogP) is 24.5. The van der Waals surface area contributed by atoms with Gasteiger partial charge < -0.3 is 9.80 Å². The molecule has 0 radical (unpaired) electrons. The predicted molar refractivity (Wildman–Crippen MR) is 370 cm³/mol. The highest BCUT2D eigenvalue weighted by Gasteiger charge is 2.59. The molecule has 4 heteroatoms. The van der Waals surface area contributed by atoms with Gasteiger partial charge in [0.1, 0.15) is 0 Å². The first-order chi connectivity index (χ1) is 41.5. The van der Waals surface area contributed by atoms with Crippen LogP contribution in [0.25, 0.3) is 106 Å². The van der Waals surface area contributed by atoms with Crippen molar-refractivity contribution >= 4 is 129 Å². The van der Waals surface area contributed by atoms with Crippen LogP contribution in [0.15, 0.2) is 267 Å². The first-order valence-corrected chi connectivity index (χ1v) is 31.4. The maximum atomic E-state index is 2.62. The van der Waals surface area contributed by atoms with Crippen LogP contribution < -0.4 is 9.80 Å². The van der Waals surface area contributed by atoms with Crippen LogP contribution in [0.4, 0.5) is 34.1 Å². The van der Waals surface area contributed by atoms with Gasteiger partial charge in [0, 0.05) is 59.1 Å². The van der Waals surface area contributed by atoms with Gasteiger partial charge in [-0.3, -0.25) is 0 Å². The summed E-state index contributed by atoms with van der Waals surface area (Å²) >= 11 is 3.75. The van der Waals surface area contributed by atoms with Gasteiger partial charge in [-0.25, -0.2) is 0 Å². The van der Waals surface area contributed by atoms with Crippen molar-refractivity contribution in [1.82, 2.24) is 0 Å². The zero-order chi connectivity index (χ0) is 57.3. The van der Waals surface area contributed by atoms with Gasteiger partial charge in [-0.2, -0.15) is 0 Å². The van der Waals surface area contributed by atoms with Gasteiger partial charge in [-0.05, 0) is 173 Å². The van der Waals surface area contributed by atoms with E-state index < -0.39 is 5.41 Å². The van der Waals surface area contributed by atoms with Gasteiger partial charge >= 0.3 is 0 Å². The summed E-state index contributed by atoms with van der Waals surface area (Å²) in [6.07, 6.45) is 0. The molecule has 0 atom stereocenters. The molecule has 0 aliphatic heterocycles. The quantitative estimate of drug-likeness (QED) is 0.140. The second-order valence-corrected chi connectivity index (χ2v) is 27.2. The molecule has 0 saturated heterocycles. The maximum Gasteiger partial charge on any atom is 0.0640 e. The van der Waals surface area contributed by atoms with Crippen LogP contribution >= 0.6 is 22.7 Å². The highest BCUT2D eigenvalue weighted by Crippen LogP contribution is 2.69. The Hall–Kier alpha value is -9.32. The van der Waals surface area contributed by atoms with Crippen LogP contribution in [0.5, 0.6) is 0 Å². The molecule has 2 heterocycles. The lowest BCUT2D eigenvalue weighted by atomic mass is 9.49. The number of fused-ring (bicyclic) bond motifs is 16. The van der Waals surface area contributed by atoms with Crippen LogP contribution in [-0.4, -0.2) is 0 Å². The topological polar surface area (TPSA) is 6.48 Å². The molecular formula is C81H62N2S2.